The number of likely N-dealkylation sites (tertiary alicyclic amines) is 1. The lowest BCUT2D eigenvalue weighted by atomic mass is 10.1. The molecule has 0 bridgehead atoms. The minimum Gasteiger partial charge on any atom is -0.325 e. The van der Waals surface area contributed by atoms with Crippen LogP contribution in [0.1, 0.15) is 18.4 Å². The molecule has 1 N–H and O–H groups in total. The number of anilines is 1. The minimum atomic E-state index is -0.259. The number of rotatable bonds is 5. The topological polar surface area (TPSA) is 45.2 Å². The van der Waals surface area contributed by atoms with Crippen LogP contribution in [0.2, 0.25) is 0 Å². The lowest BCUT2D eigenvalue weighted by Crippen LogP contribution is -2.39. The number of pyridine rings is 1. The Morgan fingerprint density at radius 1 is 1.07 bits per heavy atom. The third-order valence-electron chi connectivity index (χ3n) is 5.11. The quantitative estimate of drug-likeness (QED) is 0.715. The van der Waals surface area contributed by atoms with Crippen molar-refractivity contribution in [3.8, 4) is 11.1 Å². The summed E-state index contributed by atoms with van der Waals surface area (Å²) in [6, 6.07) is 17.8. The van der Waals surface area contributed by atoms with Crippen LogP contribution in [-0.2, 0) is 11.3 Å². The zero-order valence-corrected chi connectivity index (χ0v) is 15.5. The van der Waals surface area contributed by atoms with Crippen molar-refractivity contribution in [2.45, 2.75) is 25.4 Å². The Morgan fingerprint density at radius 3 is 2.61 bits per heavy atom. The first kappa shape index (κ1) is 18.3. The van der Waals surface area contributed by atoms with E-state index in [0.29, 0.717) is 0 Å². The van der Waals surface area contributed by atoms with E-state index in [1.165, 1.54) is 12.1 Å². The van der Waals surface area contributed by atoms with Crippen molar-refractivity contribution in [3.63, 3.8) is 0 Å². The van der Waals surface area contributed by atoms with Crippen LogP contribution in [0, 0.1) is 5.82 Å². The molecule has 3 aromatic rings. The summed E-state index contributed by atoms with van der Waals surface area (Å²) in [7, 11) is 0. The third-order valence-corrected chi connectivity index (χ3v) is 5.11. The van der Waals surface area contributed by atoms with Crippen LogP contribution in [-0.4, -0.2) is 28.4 Å². The number of aromatic nitrogens is 1. The molecule has 1 saturated heterocycles. The lowest BCUT2D eigenvalue weighted by molar-refractivity contribution is -0.120. The maximum Gasteiger partial charge on any atom is 0.241 e. The number of carbonyl (C=O) groups excluding carboxylic acids is 1. The predicted molar refractivity (Wildman–Crippen MR) is 108 cm³/mol. The molecule has 1 atom stereocenters. The fourth-order valence-corrected chi connectivity index (χ4v) is 3.67. The molecule has 4 nitrogen and oxygen atoms in total. The first-order valence-corrected chi connectivity index (χ1v) is 9.49. The molecule has 1 unspecified atom stereocenters. The number of halogens is 1. The Balaban J connectivity index is 1.41. The number of amides is 1. The highest BCUT2D eigenvalue weighted by Gasteiger charge is 2.30. The second-order valence-corrected chi connectivity index (χ2v) is 7.06. The fraction of sp³-hybridized carbons (Fsp3) is 0.217. The predicted octanol–water partition coefficient (Wildman–Crippen LogP) is 4.49. The van der Waals surface area contributed by atoms with E-state index in [9.17, 15) is 9.18 Å². The van der Waals surface area contributed by atoms with Gasteiger partial charge in [0.1, 0.15) is 5.82 Å². The van der Waals surface area contributed by atoms with Crippen LogP contribution in [0.3, 0.4) is 0 Å². The highest BCUT2D eigenvalue weighted by atomic mass is 19.1. The van der Waals surface area contributed by atoms with E-state index in [1.54, 1.807) is 18.5 Å². The van der Waals surface area contributed by atoms with Gasteiger partial charge in [-0.2, -0.15) is 0 Å². The number of benzene rings is 2. The third kappa shape index (κ3) is 4.26. The summed E-state index contributed by atoms with van der Waals surface area (Å²) in [5.41, 5.74) is 3.64. The van der Waals surface area contributed by atoms with Crippen molar-refractivity contribution in [2.75, 3.05) is 11.9 Å². The molecular weight excluding hydrogens is 353 g/mol. The molecule has 0 saturated carbocycles. The molecule has 1 fully saturated rings. The molecule has 4 rings (SSSR count). The number of nitrogens with one attached hydrogen (secondary N) is 1. The highest BCUT2D eigenvalue weighted by Crippen LogP contribution is 2.24. The molecule has 0 aliphatic carbocycles. The zero-order valence-electron chi connectivity index (χ0n) is 15.5. The van der Waals surface area contributed by atoms with E-state index in [1.807, 2.05) is 42.5 Å². The van der Waals surface area contributed by atoms with Crippen LogP contribution in [0.4, 0.5) is 10.1 Å². The zero-order chi connectivity index (χ0) is 19.3. The monoisotopic (exact) mass is 375 g/mol. The Labute approximate surface area is 164 Å². The van der Waals surface area contributed by atoms with Gasteiger partial charge in [-0.3, -0.25) is 14.7 Å². The van der Waals surface area contributed by atoms with Crippen LogP contribution < -0.4 is 5.32 Å². The van der Waals surface area contributed by atoms with Crippen molar-refractivity contribution in [3.05, 3.63) is 84.4 Å². The first-order valence-electron chi connectivity index (χ1n) is 9.49. The Bertz CT molecular complexity index is 944. The molecule has 142 valence electrons. The maximum absolute atomic E-state index is 13.4. The molecule has 0 spiro atoms. The van der Waals surface area contributed by atoms with Crippen molar-refractivity contribution < 1.29 is 9.18 Å². The summed E-state index contributed by atoms with van der Waals surface area (Å²) in [6.45, 7) is 1.66. The molecule has 1 aliphatic heterocycles. The fourth-order valence-electron chi connectivity index (χ4n) is 3.67. The smallest absolute Gasteiger partial charge is 0.241 e. The van der Waals surface area contributed by atoms with E-state index in [-0.39, 0.29) is 17.8 Å². The van der Waals surface area contributed by atoms with Gasteiger partial charge in [0.05, 0.1) is 6.04 Å². The van der Waals surface area contributed by atoms with Crippen LogP contribution in [0.5, 0.6) is 0 Å². The van der Waals surface area contributed by atoms with Crippen molar-refractivity contribution in [2.24, 2.45) is 0 Å². The summed E-state index contributed by atoms with van der Waals surface area (Å²) in [5, 5.41) is 3.02. The Hall–Kier alpha value is -3.05. The minimum absolute atomic E-state index is 0.0186. The van der Waals surface area contributed by atoms with Gasteiger partial charge >= 0.3 is 0 Å². The summed E-state index contributed by atoms with van der Waals surface area (Å²) < 4.78 is 13.4. The van der Waals surface area contributed by atoms with Crippen molar-refractivity contribution in [1.29, 1.82) is 0 Å². The van der Waals surface area contributed by atoms with Gasteiger partial charge in [0.25, 0.3) is 0 Å². The van der Waals surface area contributed by atoms with Gasteiger partial charge in [0, 0.05) is 24.6 Å². The van der Waals surface area contributed by atoms with Gasteiger partial charge in [0.2, 0.25) is 5.91 Å². The van der Waals surface area contributed by atoms with Crippen LogP contribution in [0.25, 0.3) is 11.1 Å². The Kier molecular flexibility index (Phi) is 5.44. The SMILES string of the molecule is O=C(Nc1ccc(-c2cccc(F)c2)cc1)C1CCCN1Cc1ccncc1. The highest BCUT2D eigenvalue weighted by molar-refractivity contribution is 5.95. The summed E-state index contributed by atoms with van der Waals surface area (Å²) in [5.74, 6) is -0.240. The first-order chi connectivity index (χ1) is 13.7. The molecule has 2 aromatic carbocycles. The molecule has 28 heavy (non-hydrogen) atoms. The average molecular weight is 375 g/mol. The van der Waals surface area contributed by atoms with Crippen molar-refractivity contribution >= 4 is 11.6 Å². The summed E-state index contributed by atoms with van der Waals surface area (Å²) in [4.78, 5) is 19.1. The molecule has 5 heteroatoms. The number of hydrogen-bond donors (Lipinski definition) is 1. The molecule has 2 heterocycles. The number of nitrogens with zero attached hydrogens (tertiary/aromatic N) is 2. The van der Waals surface area contributed by atoms with Gasteiger partial charge in [-0.25, -0.2) is 4.39 Å². The molecule has 1 aliphatic rings. The average Bonchev–Trinajstić information content (AvgIpc) is 3.17. The summed E-state index contributed by atoms with van der Waals surface area (Å²) in [6.07, 6.45) is 5.43. The van der Waals surface area contributed by atoms with E-state index < -0.39 is 0 Å². The number of hydrogen-bond acceptors (Lipinski definition) is 3. The van der Waals surface area contributed by atoms with E-state index in [4.69, 9.17) is 0 Å². The van der Waals surface area contributed by atoms with Gasteiger partial charge in [-0.15, -0.1) is 0 Å². The van der Waals surface area contributed by atoms with E-state index >= 15 is 0 Å². The van der Waals surface area contributed by atoms with E-state index in [2.05, 4.69) is 15.2 Å². The molecular formula is C23H22FN3O. The summed E-state index contributed by atoms with van der Waals surface area (Å²) >= 11 is 0. The molecule has 1 aromatic heterocycles. The standard InChI is InChI=1S/C23H22FN3O/c24-20-4-1-3-19(15-20)18-6-8-21(9-7-18)26-23(28)22-5-2-14-27(22)16-17-10-12-25-13-11-17/h1,3-4,6-13,15,22H,2,5,14,16H2,(H,26,28). The van der Waals surface area contributed by atoms with Gasteiger partial charge < -0.3 is 5.32 Å². The van der Waals surface area contributed by atoms with E-state index in [0.717, 1.165) is 48.3 Å². The van der Waals surface area contributed by atoms with Gasteiger partial charge in [-0.05, 0) is 72.5 Å². The largest absolute Gasteiger partial charge is 0.325 e. The molecule has 0 radical (unpaired) electrons. The normalized spacial score (nSPS) is 16.8. The van der Waals surface area contributed by atoms with Gasteiger partial charge in [0.15, 0.2) is 0 Å². The number of carbonyl (C=O) groups is 1. The van der Waals surface area contributed by atoms with Gasteiger partial charge in [-0.1, -0.05) is 24.3 Å². The Morgan fingerprint density at radius 2 is 1.86 bits per heavy atom. The maximum atomic E-state index is 13.4. The lowest BCUT2D eigenvalue weighted by Gasteiger charge is -2.23. The van der Waals surface area contributed by atoms with Crippen LogP contribution >= 0.6 is 0 Å². The van der Waals surface area contributed by atoms with Crippen LogP contribution in [0.15, 0.2) is 73.1 Å². The molecule has 1 amide bonds. The second-order valence-electron chi connectivity index (χ2n) is 7.06. The van der Waals surface area contributed by atoms with Crippen molar-refractivity contribution in [1.82, 2.24) is 9.88 Å². The second kappa shape index (κ2) is 8.31.